The predicted octanol–water partition coefficient (Wildman–Crippen LogP) is -3.88. The summed E-state index contributed by atoms with van der Waals surface area (Å²) >= 11 is 0. The van der Waals surface area contributed by atoms with Gasteiger partial charge in [0.2, 0.25) is 17.7 Å². The van der Waals surface area contributed by atoms with Gasteiger partial charge in [0.1, 0.15) is 18.1 Å². The maximum absolute atomic E-state index is 13.1. The van der Waals surface area contributed by atoms with E-state index in [2.05, 4.69) is 30.9 Å². The van der Waals surface area contributed by atoms with Crippen LogP contribution in [-0.2, 0) is 30.4 Å². The van der Waals surface area contributed by atoms with E-state index in [-0.39, 0.29) is 44.6 Å². The molecule has 0 fully saturated rings. The quantitative estimate of drug-likeness (QED) is 0.0514. The van der Waals surface area contributed by atoms with Crippen molar-refractivity contribution in [2.75, 3.05) is 6.54 Å². The number of hydrogen-bond donors (Lipinski definition) is 10. The third-order valence-corrected chi connectivity index (χ3v) is 5.24. The van der Waals surface area contributed by atoms with Crippen LogP contribution in [0.4, 0.5) is 0 Å². The Morgan fingerprint density at radius 3 is 2.21 bits per heavy atom. The van der Waals surface area contributed by atoms with Gasteiger partial charge in [0, 0.05) is 31.3 Å². The van der Waals surface area contributed by atoms with Crippen LogP contribution in [0, 0.1) is 0 Å². The second kappa shape index (κ2) is 15.8. The van der Waals surface area contributed by atoms with E-state index < -0.39 is 59.9 Å². The SMILES string of the molecule is CC(O)C(NC(=O)C(Cc1cnc[nH]1)NC(=O)C(N)CCC(=O)O)C(=O)NC(CCCN=C(N)N)C(=O)O. The summed E-state index contributed by atoms with van der Waals surface area (Å²) in [6, 6.07) is -5.47. The van der Waals surface area contributed by atoms with Crippen molar-refractivity contribution in [2.45, 2.75) is 69.3 Å². The van der Waals surface area contributed by atoms with Crippen molar-refractivity contribution < 1.29 is 39.3 Å². The van der Waals surface area contributed by atoms with E-state index in [9.17, 15) is 34.2 Å². The third-order valence-electron chi connectivity index (χ3n) is 5.24. The van der Waals surface area contributed by atoms with Crippen molar-refractivity contribution >= 4 is 35.6 Å². The van der Waals surface area contributed by atoms with Crippen molar-refractivity contribution in [1.29, 1.82) is 0 Å². The number of carboxylic acids is 2. The maximum Gasteiger partial charge on any atom is 0.326 e. The van der Waals surface area contributed by atoms with E-state index in [4.69, 9.17) is 22.3 Å². The van der Waals surface area contributed by atoms with Crippen molar-refractivity contribution in [2.24, 2.45) is 22.2 Å². The van der Waals surface area contributed by atoms with Crippen LogP contribution >= 0.6 is 0 Å². The number of aliphatic imine (C=N–C) groups is 1. The molecular formula is C21H35N9O8. The van der Waals surface area contributed by atoms with Crippen LogP contribution in [0.15, 0.2) is 17.5 Å². The number of rotatable bonds is 17. The average molecular weight is 542 g/mol. The minimum Gasteiger partial charge on any atom is -0.481 e. The van der Waals surface area contributed by atoms with Crippen LogP contribution in [-0.4, -0.2) is 97.7 Å². The molecular weight excluding hydrogens is 506 g/mol. The first-order valence-corrected chi connectivity index (χ1v) is 11.6. The summed E-state index contributed by atoms with van der Waals surface area (Å²) in [7, 11) is 0. The Hall–Kier alpha value is -4.25. The van der Waals surface area contributed by atoms with E-state index in [1.165, 1.54) is 19.4 Å². The van der Waals surface area contributed by atoms with Gasteiger partial charge in [-0.2, -0.15) is 0 Å². The highest BCUT2D eigenvalue weighted by Crippen LogP contribution is 2.05. The number of amides is 3. The molecule has 13 N–H and O–H groups in total. The molecule has 5 atom stereocenters. The summed E-state index contributed by atoms with van der Waals surface area (Å²) in [5, 5.41) is 35.4. The molecule has 5 unspecified atom stereocenters. The molecule has 3 amide bonds. The molecule has 17 nitrogen and oxygen atoms in total. The Kier molecular flexibility index (Phi) is 13.2. The second-order valence-electron chi connectivity index (χ2n) is 8.46. The van der Waals surface area contributed by atoms with Gasteiger partial charge >= 0.3 is 11.9 Å². The zero-order chi connectivity index (χ0) is 28.8. The van der Waals surface area contributed by atoms with Crippen molar-refractivity contribution in [1.82, 2.24) is 25.9 Å². The molecule has 1 rings (SSSR count). The molecule has 0 bridgehead atoms. The molecule has 0 saturated carbocycles. The van der Waals surface area contributed by atoms with Crippen LogP contribution in [0.5, 0.6) is 0 Å². The van der Waals surface area contributed by atoms with Gasteiger partial charge in [-0.25, -0.2) is 9.78 Å². The molecule has 1 heterocycles. The Morgan fingerprint density at radius 1 is 1.03 bits per heavy atom. The van der Waals surface area contributed by atoms with Crippen molar-refractivity contribution in [3.8, 4) is 0 Å². The highest BCUT2D eigenvalue weighted by atomic mass is 16.4. The van der Waals surface area contributed by atoms with E-state index in [0.29, 0.717) is 5.69 Å². The standard InChI is InChI=1S/C21H35N9O8/c1-10(31)16(19(36)28-13(20(37)38)3-2-6-26-21(23)24)30-18(35)14(7-11-8-25-9-27-11)29-17(34)12(22)4-5-15(32)33/h8-10,12-14,16,31H,2-7,22H2,1H3,(H,25,27)(H,28,36)(H,29,34)(H,30,35)(H,32,33)(H,37,38)(H4,23,24,26). The molecule has 38 heavy (non-hydrogen) atoms. The number of aliphatic carboxylic acids is 2. The van der Waals surface area contributed by atoms with Crippen molar-refractivity contribution in [3.63, 3.8) is 0 Å². The number of hydrogen-bond acceptors (Lipinski definition) is 9. The number of nitrogens with zero attached hydrogens (tertiary/aromatic N) is 2. The summed E-state index contributed by atoms with van der Waals surface area (Å²) in [6.07, 6.45) is 0.819. The molecule has 17 heteroatoms. The number of H-pyrrole nitrogens is 1. The first-order chi connectivity index (χ1) is 17.8. The molecule has 1 aromatic rings. The number of aromatic nitrogens is 2. The molecule has 1 aromatic heterocycles. The smallest absolute Gasteiger partial charge is 0.326 e. The third kappa shape index (κ3) is 11.7. The molecule has 0 aliphatic heterocycles. The van der Waals surface area contributed by atoms with Gasteiger partial charge in [-0.1, -0.05) is 0 Å². The summed E-state index contributed by atoms with van der Waals surface area (Å²) in [5.74, 6) is -5.35. The second-order valence-corrected chi connectivity index (χ2v) is 8.46. The first-order valence-electron chi connectivity index (χ1n) is 11.6. The number of imidazole rings is 1. The lowest BCUT2D eigenvalue weighted by Gasteiger charge is -2.26. The molecule has 0 radical (unpaired) electrons. The number of nitrogens with one attached hydrogen (secondary N) is 4. The Morgan fingerprint density at radius 2 is 1.68 bits per heavy atom. The Bertz CT molecular complexity index is 979. The number of guanidine groups is 1. The van der Waals surface area contributed by atoms with Gasteiger partial charge in [0.05, 0.1) is 18.5 Å². The fourth-order valence-electron chi connectivity index (χ4n) is 3.20. The number of nitrogens with two attached hydrogens (primary N) is 3. The molecule has 0 aliphatic carbocycles. The zero-order valence-electron chi connectivity index (χ0n) is 20.8. The summed E-state index contributed by atoms with van der Waals surface area (Å²) in [4.78, 5) is 71.0. The highest BCUT2D eigenvalue weighted by molar-refractivity contribution is 5.94. The zero-order valence-corrected chi connectivity index (χ0v) is 20.8. The van der Waals surface area contributed by atoms with Crippen molar-refractivity contribution in [3.05, 3.63) is 18.2 Å². The molecule has 0 saturated heterocycles. The monoisotopic (exact) mass is 541 g/mol. The van der Waals surface area contributed by atoms with Crippen LogP contribution in [0.1, 0.15) is 38.3 Å². The fraction of sp³-hybridized carbons (Fsp3) is 0.571. The molecule has 212 valence electrons. The summed E-state index contributed by atoms with van der Waals surface area (Å²) in [5.41, 5.74) is 16.6. The van der Waals surface area contributed by atoms with Crippen LogP contribution in [0.3, 0.4) is 0 Å². The van der Waals surface area contributed by atoms with Gasteiger partial charge < -0.3 is 53.5 Å². The molecule has 0 aliphatic rings. The van der Waals surface area contributed by atoms with Gasteiger partial charge in [0.15, 0.2) is 5.96 Å². The Labute approximate surface area is 217 Å². The number of carboxylic acid groups (broad SMARTS) is 2. The lowest BCUT2D eigenvalue weighted by molar-refractivity contribution is -0.143. The first kappa shape index (κ1) is 31.8. The average Bonchev–Trinajstić information content (AvgIpc) is 3.34. The Balaban J connectivity index is 2.96. The number of aromatic amines is 1. The minimum absolute atomic E-state index is 0.0366. The van der Waals surface area contributed by atoms with Crippen LogP contribution in [0.2, 0.25) is 0 Å². The lowest BCUT2D eigenvalue weighted by Crippen LogP contribution is -2.60. The summed E-state index contributed by atoms with van der Waals surface area (Å²) in [6.45, 7) is 1.34. The number of aliphatic hydroxyl groups excluding tert-OH is 1. The molecule has 0 spiro atoms. The van der Waals surface area contributed by atoms with E-state index >= 15 is 0 Å². The van der Waals surface area contributed by atoms with Crippen LogP contribution < -0.4 is 33.2 Å². The minimum atomic E-state index is -1.58. The van der Waals surface area contributed by atoms with Crippen LogP contribution in [0.25, 0.3) is 0 Å². The number of carbonyl (C=O) groups excluding carboxylic acids is 3. The van der Waals surface area contributed by atoms with Gasteiger partial charge in [0.25, 0.3) is 0 Å². The van der Waals surface area contributed by atoms with E-state index in [0.717, 1.165) is 0 Å². The predicted molar refractivity (Wildman–Crippen MR) is 132 cm³/mol. The number of aliphatic hydroxyl groups is 1. The van der Waals surface area contributed by atoms with Gasteiger partial charge in [-0.05, 0) is 26.2 Å². The fourth-order valence-corrected chi connectivity index (χ4v) is 3.20. The van der Waals surface area contributed by atoms with Gasteiger partial charge in [-0.3, -0.25) is 24.2 Å². The highest BCUT2D eigenvalue weighted by Gasteiger charge is 2.33. The van der Waals surface area contributed by atoms with E-state index in [1.807, 2.05) is 0 Å². The largest absolute Gasteiger partial charge is 0.481 e. The normalized spacial score (nSPS) is 14.7. The molecule has 0 aromatic carbocycles. The van der Waals surface area contributed by atoms with Gasteiger partial charge in [-0.15, -0.1) is 0 Å². The number of carbonyl (C=O) groups is 5. The topological polar surface area (TPSA) is 301 Å². The summed E-state index contributed by atoms with van der Waals surface area (Å²) < 4.78 is 0. The maximum atomic E-state index is 13.1. The lowest BCUT2D eigenvalue weighted by atomic mass is 10.1. The van der Waals surface area contributed by atoms with E-state index in [1.54, 1.807) is 0 Å².